The van der Waals surface area contributed by atoms with Crippen molar-refractivity contribution in [3.05, 3.63) is 12.2 Å². The molecule has 1 aliphatic heterocycles. The number of unbranched alkanes of at least 4 members (excludes halogenated alkanes) is 2. The summed E-state index contributed by atoms with van der Waals surface area (Å²) in [6.07, 6.45) is 16.7. The first kappa shape index (κ1) is 19.3. The van der Waals surface area contributed by atoms with Gasteiger partial charge in [0.25, 0.3) is 0 Å². The maximum absolute atomic E-state index is 10.4. The van der Waals surface area contributed by atoms with Crippen molar-refractivity contribution in [1.29, 1.82) is 0 Å². The quantitative estimate of drug-likeness (QED) is 0.337. The van der Waals surface area contributed by atoms with Gasteiger partial charge in [-0.1, -0.05) is 50.7 Å². The number of ether oxygens (including phenoxy) is 1. The number of epoxide rings is 1. The molecule has 2 unspecified atom stereocenters. The molecule has 6 atom stereocenters. The summed E-state index contributed by atoms with van der Waals surface area (Å²) in [6.45, 7) is 0. The van der Waals surface area contributed by atoms with Crippen molar-refractivity contribution >= 4 is 0 Å². The van der Waals surface area contributed by atoms with Crippen LogP contribution in [0.4, 0.5) is 0 Å². The van der Waals surface area contributed by atoms with Gasteiger partial charge in [-0.25, -0.2) is 0 Å². The van der Waals surface area contributed by atoms with Crippen LogP contribution in [0, 0.1) is 17.8 Å². The lowest BCUT2D eigenvalue weighted by atomic mass is 9.84. The topological polar surface area (TPSA) is 73.2 Å². The molecule has 1 heterocycles. The van der Waals surface area contributed by atoms with E-state index in [0.29, 0.717) is 11.8 Å². The van der Waals surface area contributed by atoms with E-state index in [1.54, 1.807) is 0 Å². The second-order valence-corrected chi connectivity index (χ2v) is 8.46. The molecule has 0 spiro atoms. The summed E-state index contributed by atoms with van der Waals surface area (Å²) in [5.41, 5.74) is 0. The predicted molar refractivity (Wildman–Crippen MR) is 97.9 cm³/mol. The highest BCUT2D eigenvalue weighted by molar-refractivity contribution is 5.02. The van der Waals surface area contributed by atoms with Gasteiger partial charge in [-0.2, -0.15) is 0 Å². The fourth-order valence-electron chi connectivity index (χ4n) is 4.85. The zero-order valence-electron chi connectivity index (χ0n) is 15.4. The molecule has 25 heavy (non-hydrogen) atoms. The third kappa shape index (κ3) is 5.78. The van der Waals surface area contributed by atoms with Crippen molar-refractivity contribution in [3.8, 4) is 0 Å². The van der Waals surface area contributed by atoms with Crippen LogP contribution in [0.1, 0.15) is 77.0 Å². The Kier molecular flexibility index (Phi) is 7.35. The lowest BCUT2D eigenvalue weighted by Gasteiger charge is -2.25. The van der Waals surface area contributed by atoms with Gasteiger partial charge in [0.05, 0.1) is 12.2 Å². The standard InChI is InChI=1S/C21H36O4/c22-18(16-8-4-1-5-9-16)14-12-17-15(11-13-19(17)23)7-3-2-6-10-20-21(24)25-20/h12,14-24H,1-11,13H2/t15-,17+,18-,19+,20?,21?/m0/s1. The van der Waals surface area contributed by atoms with Crippen LogP contribution in [-0.2, 0) is 4.74 Å². The third-order valence-electron chi connectivity index (χ3n) is 6.60. The van der Waals surface area contributed by atoms with E-state index in [-0.39, 0.29) is 24.2 Å². The molecule has 2 saturated carbocycles. The number of rotatable bonds is 9. The molecule has 144 valence electrons. The first-order chi connectivity index (χ1) is 12.1. The zero-order chi connectivity index (χ0) is 17.6. The molecule has 0 aromatic rings. The molecule has 4 heteroatoms. The molecule has 0 aromatic heterocycles. The number of aliphatic hydroxyl groups is 3. The highest BCUT2D eigenvalue weighted by Crippen LogP contribution is 2.37. The Morgan fingerprint density at radius 1 is 0.920 bits per heavy atom. The van der Waals surface area contributed by atoms with Crippen molar-refractivity contribution in [2.45, 2.75) is 102 Å². The summed E-state index contributed by atoms with van der Waals surface area (Å²) < 4.78 is 5.02. The molecular formula is C21H36O4. The molecule has 0 amide bonds. The van der Waals surface area contributed by atoms with E-state index in [0.717, 1.165) is 44.9 Å². The van der Waals surface area contributed by atoms with Crippen molar-refractivity contribution < 1.29 is 20.1 Å². The van der Waals surface area contributed by atoms with Gasteiger partial charge in [-0.05, 0) is 50.4 Å². The summed E-state index contributed by atoms with van der Waals surface area (Å²) in [5, 5.41) is 29.9. The number of hydrogen-bond acceptors (Lipinski definition) is 4. The van der Waals surface area contributed by atoms with Gasteiger partial charge < -0.3 is 20.1 Å². The smallest absolute Gasteiger partial charge is 0.181 e. The van der Waals surface area contributed by atoms with E-state index in [1.807, 2.05) is 6.08 Å². The molecule has 0 bridgehead atoms. The Bertz CT molecular complexity index is 418. The highest BCUT2D eigenvalue weighted by atomic mass is 16.7. The Morgan fingerprint density at radius 2 is 1.64 bits per heavy atom. The Labute approximate surface area is 152 Å². The minimum absolute atomic E-state index is 0.0882. The Morgan fingerprint density at radius 3 is 2.36 bits per heavy atom. The normalized spacial score (nSPS) is 37.6. The minimum atomic E-state index is -0.505. The second-order valence-electron chi connectivity index (χ2n) is 8.46. The molecule has 3 rings (SSSR count). The fourth-order valence-corrected chi connectivity index (χ4v) is 4.85. The predicted octanol–water partition coefficient (Wildman–Crippen LogP) is 3.54. The molecule has 2 aliphatic carbocycles. The van der Waals surface area contributed by atoms with Crippen LogP contribution in [0.5, 0.6) is 0 Å². The van der Waals surface area contributed by atoms with Crippen molar-refractivity contribution in [3.63, 3.8) is 0 Å². The van der Waals surface area contributed by atoms with Gasteiger partial charge in [0.1, 0.15) is 6.10 Å². The molecule has 3 aliphatic rings. The highest BCUT2D eigenvalue weighted by Gasteiger charge is 2.36. The van der Waals surface area contributed by atoms with Crippen LogP contribution in [0.15, 0.2) is 12.2 Å². The van der Waals surface area contributed by atoms with E-state index in [1.165, 1.54) is 32.1 Å². The van der Waals surface area contributed by atoms with Crippen molar-refractivity contribution in [2.75, 3.05) is 0 Å². The third-order valence-corrected chi connectivity index (χ3v) is 6.60. The van der Waals surface area contributed by atoms with Crippen molar-refractivity contribution in [1.82, 2.24) is 0 Å². The molecule has 3 fully saturated rings. The summed E-state index contributed by atoms with van der Waals surface area (Å²) in [6, 6.07) is 0. The zero-order valence-corrected chi connectivity index (χ0v) is 15.4. The van der Waals surface area contributed by atoms with Crippen LogP contribution < -0.4 is 0 Å². The molecule has 0 aromatic carbocycles. The van der Waals surface area contributed by atoms with Gasteiger partial charge in [-0.15, -0.1) is 0 Å². The minimum Gasteiger partial charge on any atom is -0.393 e. The Hall–Kier alpha value is -0.420. The molecule has 1 saturated heterocycles. The van der Waals surface area contributed by atoms with Crippen LogP contribution in [0.25, 0.3) is 0 Å². The van der Waals surface area contributed by atoms with E-state index in [9.17, 15) is 10.2 Å². The fraction of sp³-hybridized carbons (Fsp3) is 0.905. The summed E-state index contributed by atoms with van der Waals surface area (Å²) in [7, 11) is 0. The van der Waals surface area contributed by atoms with E-state index < -0.39 is 6.29 Å². The first-order valence-electron chi connectivity index (χ1n) is 10.5. The lowest BCUT2D eigenvalue weighted by Crippen LogP contribution is -2.22. The van der Waals surface area contributed by atoms with E-state index in [4.69, 9.17) is 9.84 Å². The van der Waals surface area contributed by atoms with Crippen LogP contribution in [-0.4, -0.2) is 39.9 Å². The van der Waals surface area contributed by atoms with E-state index >= 15 is 0 Å². The van der Waals surface area contributed by atoms with Gasteiger partial charge in [0.2, 0.25) is 0 Å². The first-order valence-corrected chi connectivity index (χ1v) is 10.5. The average molecular weight is 353 g/mol. The average Bonchev–Trinajstić information content (AvgIpc) is 3.22. The maximum Gasteiger partial charge on any atom is 0.181 e. The Balaban J connectivity index is 1.38. The van der Waals surface area contributed by atoms with Crippen LogP contribution in [0.3, 0.4) is 0 Å². The maximum atomic E-state index is 10.4. The summed E-state index contributed by atoms with van der Waals surface area (Å²) in [5.74, 6) is 1.18. The monoisotopic (exact) mass is 352 g/mol. The largest absolute Gasteiger partial charge is 0.393 e. The molecule has 0 radical (unpaired) electrons. The lowest BCUT2D eigenvalue weighted by molar-refractivity contribution is 0.120. The summed E-state index contributed by atoms with van der Waals surface area (Å²) >= 11 is 0. The molecular weight excluding hydrogens is 316 g/mol. The second kappa shape index (κ2) is 9.50. The van der Waals surface area contributed by atoms with Crippen LogP contribution >= 0.6 is 0 Å². The number of aliphatic hydroxyl groups excluding tert-OH is 3. The molecule has 3 N–H and O–H groups in total. The van der Waals surface area contributed by atoms with Gasteiger partial charge >= 0.3 is 0 Å². The van der Waals surface area contributed by atoms with Gasteiger partial charge in [-0.3, -0.25) is 0 Å². The van der Waals surface area contributed by atoms with Gasteiger partial charge in [0.15, 0.2) is 6.29 Å². The van der Waals surface area contributed by atoms with Crippen LogP contribution in [0.2, 0.25) is 0 Å². The van der Waals surface area contributed by atoms with Crippen molar-refractivity contribution in [2.24, 2.45) is 17.8 Å². The number of hydrogen-bond donors (Lipinski definition) is 3. The SMILES string of the molecule is OC1OC1CCCCC[C@H]1CC[C@@H](O)[C@@H]1C=C[C@H](O)C1CCCCC1. The molecule has 4 nitrogen and oxygen atoms in total. The van der Waals surface area contributed by atoms with E-state index in [2.05, 4.69) is 6.08 Å². The van der Waals surface area contributed by atoms with Gasteiger partial charge in [0, 0.05) is 5.92 Å². The summed E-state index contributed by atoms with van der Waals surface area (Å²) in [4.78, 5) is 0.